The molecule has 1 N–H and O–H groups in total. The maximum atomic E-state index is 12.0. The number of thiophene rings is 1. The molecule has 0 spiro atoms. The second-order valence-corrected chi connectivity index (χ2v) is 7.28. The molecular formula is C12H12BrNO2S2. The van der Waals surface area contributed by atoms with Crippen LogP contribution in [0.2, 0.25) is 0 Å². The Morgan fingerprint density at radius 1 is 1.22 bits per heavy atom. The summed E-state index contributed by atoms with van der Waals surface area (Å²) in [5, 5.41) is 3.96. The average molecular weight is 346 g/mol. The summed E-state index contributed by atoms with van der Waals surface area (Å²) in [6.07, 6.45) is 0. The molecule has 1 aromatic carbocycles. The molecule has 0 aliphatic heterocycles. The van der Waals surface area contributed by atoms with Crippen molar-refractivity contribution in [1.82, 2.24) is 4.72 Å². The van der Waals surface area contributed by atoms with Crippen molar-refractivity contribution in [2.45, 2.75) is 18.4 Å². The molecule has 2 aromatic rings. The molecule has 0 atom stereocenters. The minimum absolute atomic E-state index is 0.276. The van der Waals surface area contributed by atoms with Crippen LogP contribution in [0.4, 0.5) is 0 Å². The highest BCUT2D eigenvalue weighted by atomic mass is 79.9. The second-order valence-electron chi connectivity index (χ2n) is 3.86. The van der Waals surface area contributed by atoms with Gasteiger partial charge in [-0.3, -0.25) is 0 Å². The number of hydrogen-bond donors (Lipinski definition) is 1. The van der Waals surface area contributed by atoms with Gasteiger partial charge in [0.15, 0.2) is 0 Å². The van der Waals surface area contributed by atoms with Gasteiger partial charge >= 0.3 is 0 Å². The van der Waals surface area contributed by atoms with Crippen LogP contribution in [-0.4, -0.2) is 8.42 Å². The Balaban J connectivity index is 2.13. The van der Waals surface area contributed by atoms with E-state index in [1.54, 1.807) is 35.6 Å². The number of hydrogen-bond acceptors (Lipinski definition) is 3. The quantitative estimate of drug-likeness (QED) is 0.923. The summed E-state index contributed by atoms with van der Waals surface area (Å²) in [5.74, 6) is 0. The van der Waals surface area contributed by atoms with Crippen molar-refractivity contribution in [2.24, 2.45) is 0 Å². The Bertz CT molecular complexity index is 632. The molecule has 0 saturated carbocycles. The van der Waals surface area contributed by atoms with Crippen LogP contribution in [0.3, 0.4) is 0 Å². The van der Waals surface area contributed by atoms with E-state index in [0.29, 0.717) is 6.54 Å². The molecule has 1 aromatic heterocycles. The van der Waals surface area contributed by atoms with Gasteiger partial charge in [-0.15, -0.1) is 0 Å². The van der Waals surface area contributed by atoms with Crippen LogP contribution in [0.5, 0.6) is 0 Å². The SMILES string of the molecule is Cc1cscc1CNS(=O)(=O)c1ccc(Br)cc1. The topological polar surface area (TPSA) is 46.2 Å². The van der Waals surface area contributed by atoms with E-state index in [9.17, 15) is 8.42 Å². The average Bonchev–Trinajstić information content (AvgIpc) is 2.73. The molecule has 0 amide bonds. The number of halogens is 1. The Kier molecular flexibility index (Phi) is 4.21. The first-order valence-corrected chi connectivity index (χ1v) is 8.48. The molecule has 1 heterocycles. The van der Waals surface area contributed by atoms with Gasteiger partial charge in [0.1, 0.15) is 0 Å². The summed E-state index contributed by atoms with van der Waals surface area (Å²) in [5.41, 5.74) is 2.12. The van der Waals surface area contributed by atoms with Gasteiger partial charge in [0.25, 0.3) is 0 Å². The molecule has 18 heavy (non-hydrogen) atoms. The molecule has 3 nitrogen and oxygen atoms in total. The van der Waals surface area contributed by atoms with E-state index < -0.39 is 10.0 Å². The first kappa shape index (κ1) is 13.7. The molecule has 0 aliphatic rings. The molecule has 0 bridgehead atoms. The normalized spacial score (nSPS) is 11.7. The maximum absolute atomic E-state index is 12.0. The summed E-state index contributed by atoms with van der Waals surface area (Å²) in [4.78, 5) is 0.276. The lowest BCUT2D eigenvalue weighted by Gasteiger charge is -2.06. The minimum atomic E-state index is -3.44. The van der Waals surface area contributed by atoms with Crippen molar-refractivity contribution in [2.75, 3.05) is 0 Å². The van der Waals surface area contributed by atoms with Gasteiger partial charge < -0.3 is 0 Å². The molecule has 0 aliphatic carbocycles. The summed E-state index contributed by atoms with van der Waals surface area (Å²) in [6.45, 7) is 2.30. The maximum Gasteiger partial charge on any atom is 0.240 e. The highest BCUT2D eigenvalue weighted by Gasteiger charge is 2.13. The van der Waals surface area contributed by atoms with Crippen molar-refractivity contribution in [3.8, 4) is 0 Å². The lowest BCUT2D eigenvalue weighted by Crippen LogP contribution is -2.23. The van der Waals surface area contributed by atoms with E-state index >= 15 is 0 Å². The number of benzene rings is 1. The fourth-order valence-corrected chi connectivity index (χ4v) is 3.57. The van der Waals surface area contributed by atoms with Gasteiger partial charge in [-0.25, -0.2) is 13.1 Å². The predicted molar refractivity (Wildman–Crippen MR) is 77.2 cm³/mol. The lowest BCUT2D eigenvalue weighted by molar-refractivity contribution is 0.581. The van der Waals surface area contributed by atoms with Gasteiger partial charge in [-0.05, 0) is 53.1 Å². The lowest BCUT2D eigenvalue weighted by atomic mass is 10.2. The zero-order valence-corrected chi connectivity index (χ0v) is 12.9. The summed E-state index contributed by atoms with van der Waals surface area (Å²) in [7, 11) is -3.44. The molecular weight excluding hydrogens is 334 g/mol. The highest BCUT2D eigenvalue weighted by molar-refractivity contribution is 9.10. The minimum Gasteiger partial charge on any atom is -0.207 e. The molecule has 6 heteroatoms. The van der Waals surface area contributed by atoms with Gasteiger partial charge in [-0.2, -0.15) is 11.3 Å². The molecule has 0 saturated heterocycles. The number of rotatable bonds is 4. The molecule has 0 fully saturated rings. The summed E-state index contributed by atoms with van der Waals surface area (Å²) < 4.78 is 27.5. The Labute approximate surface area is 119 Å². The second kappa shape index (κ2) is 5.52. The monoisotopic (exact) mass is 345 g/mol. The van der Waals surface area contributed by atoms with Crippen molar-refractivity contribution in [3.63, 3.8) is 0 Å². The number of aryl methyl sites for hydroxylation is 1. The molecule has 0 unspecified atom stereocenters. The van der Waals surface area contributed by atoms with Crippen LogP contribution < -0.4 is 4.72 Å². The zero-order valence-electron chi connectivity index (χ0n) is 9.68. The first-order valence-electron chi connectivity index (χ1n) is 5.26. The Hall–Kier alpha value is -0.690. The van der Waals surface area contributed by atoms with E-state index in [1.165, 1.54) is 0 Å². The first-order chi connectivity index (χ1) is 8.49. The van der Waals surface area contributed by atoms with Gasteiger partial charge in [-0.1, -0.05) is 15.9 Å². The van der Waals surface area contributed by atoms with Crippen molar-refractivity contribution in [1.29, 1.82) is 0 Å². The molecule has 96 valence electrons. The zero-order chi connectivity index (χ0) is 13.2. The van der Waals surface area contributed by atoms with Crippen LogP contribution in [0.1, 0.15) is 11.1 Å². The van der Waals surface area contributed by atoms with E-state index in [2.05, 4.69) is 20.7 Å². The Morgan fingerprint density at radius 3 is 2.44 bits per heavy atom. The van der Waals surface area contributed by atoms with Crippen molar-refractivity contribution < 1.29 is 8.42 Å². The van der Waals surface area contributed by atoms with Crippen LogP contribution in [-0.2, 0) is 16.6 Å². The third kappa shape index (κ3) is 3.20. The Morgan fingerprint density at radius 2 is 1.89 bits per heavy atom. The van der Waals surface area contributed by atoms with Crippen molar-refractivity contribution >= 4 is 37.3 Å². The number of nitrogens with one attached hydrogen (secondary N) is 1. The van der Waals surface area contributed by atoms with E-state index in [1.807, 2.05) is 17.7 Å². The largest absolute Gasteiger partial charge is 0.240 e. The summed E-state index contributed by atoms with van der Waals surface area (Å²) >= 11 is 4.85. The summed E-state index contributed by atoms with van der Waals surface area (Å²) in [6, 6.07) is 6.58. The molecule has 2 rings (SSSR count). The highest BCUT2D eigenvalue weighted by Crippen LogP contribution is 2.17. The molecule has 0 radical (unpaired) electrons. The van der Waals surface area contributed by atoms with Crippen LogP contribution in [0, 0.1) is 6.92 Å². The van der Waals surface area contributed by atoms with E-state index in [4.69, 9.17) is 0 Å². The standard InChI is InChI=1S/C12H12BrNO2S2/c1-9-7-17-8-10(9)6-14-18(15,16)12-4-2-11(13)3-5-12/h2-5,7-8,14H,6H2,1H3. The number of sulfonamides is 1. The van der Waals surface area contributed by atoms with Crippen LogP contribution in [0.15, 0.2) is 44.4 Å². The van der Waals surface area contributed by atoms with E-state index in [-0.39, 0.29) is 4.90 Å². The van der Waals surface area contributed by atoms with Crippen LogP contribution >= 0.6 is 27.3 Å². The van der Waals surface area contributed by atoms with Gasteiger partial charge in [0, 0.05) is 11.0 Å². The third-order valence-corrected chi connectivity index (χ3v) is 5.39. The van der Waals surface area contributed by atoms with Gasteiger partial charge in [0.05, 0.1) is 4.90 Å². The fraction of sp³-hybridized carbons (Fsp3) is 0.167. The van der Waals surface area contributed by atoms with Gasteiger partial charge in [0.2, 0.25) is 10.0 Å². The fourth-order valence-electron chi connectivity index (χ4n) is 1.44. The predicted octanol–water partition coefficient (Wildman–Crippen LogP) is 3.30. The smallest absolute Gasteiger partial charge is 0.207 e. The third-order valence-electron chi connectivity index (χ3n) is 2.54. The van der Waals surface area contributed by atoms with Crippen molar-refractivity contribution in [3.05, 3.63) is 50.6 Å². The van der Waals surface area contributed by atoms with E-state index in [0.717, 1.165) is 15.6 Å². The van der Waals surface area contributed by atoms with Crippen LogP contribution in [0.25, 0.3) is 0 Å².